The molecule has 0 fully saturated rings. The standard InChI is InChI=1S/C23H23FN6O2S2/c1-13(2)20-26-21(32-28-20)29-9-7-15(8-10-29)14(3)31-23-27-30-12-18(25-22(30)34-23)16-5-6-19(33-4)17(24)11-16/h5-9,11-14H,10H2,1-4H3/t14-/m1/s1. The number of rotatable bonds is 7. The summed E-state index contributed by atoms with van der Waals surface area (Å²) in [4.78, 5) is 12.2. The lowest BCUT2D eigenvalue weighted by Gasteiger charge is -2.21. The number of benzene rings is 1. The predicted molar refractivity (Wildman–Crippen MR) is 131 cm³/mol. The first-order valence-electron chi connectivity index (χ1n) is 10.8. The molecule has 0 saturated heterocycles. The lowest BCUT2D eigenvalue weighted by atomic mass is 10.1. The van der Waals surface area contributed by atoms with E-state index in [9.17, 15) is 4.39 Å². The number of nitrogens with zero attached hydrogens (tertiary/aromatic N) is 6. The molecule has 1 aromatic carbocycles. The summed E-state index contributed by atoms with van der Waals surface area (Å²) in [7, 11) is 0. The predicted octanol–water partition coefficient (Wildman–Crippen LogP) is 5.55. The van der Waals surface area contributed by atoms with E-state index in [1.165, 1.54) is 29.2 Å². The maximum absolute atomic E-state index is 14.1. The van der Waals surface area contributed by atoms with Crippen LogP contribution in [-0.4, -0.2) is 43.6 Å². The third-order valence-electron chi connectivity index (χ3n) is 5.38. The second-order valence-corrected chi connectivity index (χ2v) is 9.86. The van der Waals surface area contributed by atoms with Crippen LogP contribution in [0.4, 0.5) is 10.4 Å². The highest BCUT2D eigenvalue weighted by molar-refractivity contribution is 7.98. The molecule has 0 aliphatic carbocycles. The Morgan fingerprint density at radius 1 is 1.24 bits per heavy atom. The van der Waals surface area contributed by atoms with Gasteiger partial charge in [-0.3, -0.25) is 4.90 Å². The van der Waals surface area contributed by atoms with Gasteiger partial charge >= 0.3 is 6.01 Å². The molecular weight excluding hydrogens is 475 g/mol. The van der Waals surface area contributed by atoms with Crippen LogP contribution in [0.3, 0.4) is 0 Å². The molecule has 34 heavy (non-hydrogen) atoms. The monoisotopic (exact) mass is 498 g/mol. The van der Waals surface area contributed by atoms with E-state index in [-0.39, 0.29) is 17.8 Å². The molecule has 5 rings (SSSR count). The molecule has 8 nitrogen and oxygen atoms in total. The Morgan fingerprint density at radius 2 is 2.09 bits per heavy atom. The molecule has 1 aliphatic heterocycles. The summed E-state index contributed by atoms with van der Waals surface area (Å²) >= 11 is 2.72. The molecule has 176 valence electrons. The quantitative estimate of drug-likeness (QED) is 0.307. The Balaban J connectivity index is 1.24. The Hall–Kier alpha value is -3.18. The zero-order chi connectivity index (χ0) is 23.8. The van der Waals surface area contributed by atoms with Crippen LogP contribution in [0, 0.1) is 5.82 Å². The lowest BCUT2D eigenvalue weighted by molar-refractivity contribution is 0.256. The van der Waals surface area contributed by atoms with Gasteiger partial charge in [0.2, 0.25) is 4.96 Å². The van der Waals surface area contributed by atoms with Gasteiger partial charge in [-0.1, -0.05) is 31.1 Å². The first kappa shape index (κ1) is 22.6. The van der Waals surface area contributed by atoms with Gasteiger partial charge in [0.15, 0.2) is 5.82 Å². The molecule has 3 aromatic heterocycles. The van der Waals surface area contributed by atoms with Crippen LogP contribution >= 0.6 is 23.1 Å². The van der Waals surface area contributed by atoms with Crippen molar-refractivity contribution in [3.8, 4) is 16.5 Å². The number of ether oxygens (including phenoxy) is 1. The molecular formula is C23H23FN6O2S2. The second-order valence-electron chi connectivity index (χ2n) is 8.09. The number of anilines is 1. The average Bonchev–Trinajstić information content (AvgIpc) is 3.54. The van der Waals surface area contributed by atoms with E-state index in [0.29, 0.717) is 44.7 Å². The van der Waals surface area contributed by atoms with E-state index >= 15 is 0 Å². The third kappa shape index (κ3) is 4.45. The van der Waals surface area contributed by atoms with Crippen molar-refractivity contribution in [2.75, 3.05) is 17.7 Å². The van der Waals surface area contributed by atoms with Crippen LogP contribution in [0.2, 0.25) is 0 Å². The average molecular weight is 499 g/mol. The van der Waals surface area contributed by atoms with E-state index < -0.39 is 0 Å². The number of fused-ring (bicyclic) bond motifs is 1. The highest BCUT2D eigenvalue weighted by atomic mass is 32.2. The van der Waals surface area contributed by atoms with Crippen LogP contribution in [0.5, 0.6) is 5.19 Å². The molecule has 0 N–H and O–H groups in total. The SMILES string of the molecule is CSc1ccc(-c2cn3nc(O[C@H](C)C4=CCN(c5nc(C(C)C)no5)C=C4)sc3n2)cc1F. The van der Waals surface area contributed by atoms with E-state index in [1.54, 1.807) is 16.8 Å². The van der Waals surface area contributed by atoms with Crippen molar-refractivity contribution < 1.29 is 13.7 Å². The fourth-order valence-corrected chi connectivity index (χ4v) is 4.71. The molecule has 4 heterocycles. The van der Waals surface area contributed by atoms with Gasteiger partial charge in [0.1, 0.15) is 11.9 Å². The third-order valence-corrected chi connectivity index (χ3v) is 6.97. The van der Waals surface area contributed by atoms with Crippen LogP contribution in [0.25, 0.3) is 16.2 Å². The van der Waals surface area contributed by atoms with E-state index in [1.807, 2.05) is 50.3 Å². The molecule has 0 bridgehead atoms. The van der Waals surface area contributed by atoms with Crippen molar-refractivity contribution >= 4 is 34.1 Å². The maximum Gasteiger partial charge on any atom is 0.328 e. The summed E-state index contributed by atoms with van der Waals surface area (Å²) in [5.41, 5.74) is 2.41. The summed E-state index contributed by atoms with van der Waals surface area (Å²) in [6.07, 6.45) is 9.38. The number of hydrogen-bond donors (Lipinski definition) is 0. The normalized spacial score (nSPS) is 14.8. The Labute approximate surface area is 204 Å². The van der Waals surface area contributed by atoms with Gasteiger partial charge < -0.3 is 9.26 Å². The highest BCUT2D eigenvalue weighted by Crippen LogP contribution is 2.30. The number of imidazole rings is 1. The summed E-state index contributed by atoms with van der Waals surface area (Å²) in [6.45, 7) is 6.63. The van der Waals surface area contributed by atoms with Gasteiger partial charge in [0, 0.05) is 29.1 Å². The Bertz CT molecular complexity index is 1360. The molecule has 0 unspecified atom stereocenters. The fraction of sp³-hybridized carbons (Fsp3) is 0.304. The minimum Gasteiger partial charge on any atom is -0.461 e. The summed E-state index contributed by atoms with van der Waals surface area (Å²) in [6, 6.07) is 5.61. The van der Waals surface area contributed by atoms with Gasteiger partial charge in [-0.2, -0.15) is 4.98 Å². The largest absolute Gasteiger partial charge is 0.461 e. The molecule has 4 aromatic rings. The molecule has 1 atom stereocenters. The van der Waals surface area contributed by atoms with Gasteiger partial charge in [-0.15, -0.1) is 16.9 Å². The van der Waals surface area contributed by atoms with E-state index in [4.69, 9.17) is 9.26 Å². The van der Waals surface area contributed by atoms with Gasteiger partial charge in [0.25, 0.3) is 5.19 Å². The number of aromatic nitrogens is 5. The zero-order valence-electron chi connectivity index (χ0n) is 19.1. The molecule has 11 heteroatoms. The van der Waals surface area contributed by atoms with Crippen molar-refractivity contribution in [1.82, 2.24) is 24.7 Å². The van der Waals surface area contributed by atoms with Gasteiger partial charge in [-0.25, -0.2) is 13.9 Å². The van der Waals surface area contributed by atoms with Crippen LogP contribution < -0.4 is 9.64 Å². The number of thioether (sulfide) groups is 1. The van der Waals surface area contributed by atoms with Gasteiger partial charge in [0.05, 0.1) is 11.9 Å². The molecule has 1 aliphatic rings. The van der Waals surface area contributed by atoms with Crippen LogP contribution in [0.1, 0.15) is 32.5 Å². The van der Waals surface area contributed by atoms with Crippen LogP contribution in [0.15, 0.2) is 57.7 Å². The fourth-order valence-electron chi connectivity index (χ4n) is 3.44. The Morgan fingerprint density at radius 3 is 2.74 bits per heavy atom. The van der Waals surface area contributed by atoms with Crippen molar-refractivity contribution in [3.05, 3.63) is 60.0 Å². The molecule has 0 radical (unpaired) electrons. The molecule has 0 amide bonds. The van der Waals surface area contributed by atoms with Crippen LogP contribution in [-0.2, 0) is 0 Å². The highest BCUT2D eigenvalue weighted by Gasteiger charge is 2.20. The number of halogens is 1. The molecule has 0 saturated carbocycles. The number of hydrogen-bond acceptors (Lipinski definition) is 9. The first-order chi connectivity index (χ1) is 16.4. The van der Waals surface area contributed by atoms with E-state index in [2.05, 4.69) is 26.3 Å². The Kier molecular flexibility index (Phi) is 6.13. The first-order valence-corrected chi connectivity index (χ1v) is 12.8. The minimum absolute atomic E-state index is 0.198. The van der Waals surface area contributed by atoms with E-state index in [0.717, 1.165) is 5.57 Å². The van der Waals surface area contributed by atoms with Gasteiger partial charge in [-0.05, 0) is 48.3 Å². The van der Waals surface area contributed by atoms with Crippen molar-refractivity contribution in [2.24, 2.45) is 0 Å². The molecule has 0 spiro atoms. The van der Waals surface area contributed by atoms with Crippen molar-refractivity contribution in [3.63, 3.8) is 0 Å². The summed E-state index contributed by atoms with van der Waals surface area (Å²) < 4.78 is 27.2. The summed E-state index contributed by atoms with van der Waals surface area (Å²) in [5.74, 6) is 0.649. The maximum atomic E-state index is 14.1. The summed E-state index contributed by atoms with van der Waals surface area (Å²) in [5, 5.41) is 9.02. The topological polar surface area (TPSA) is 81.6 Å². The van der Waals surface area contributed by atoms with Crippen molar-refractivity contribution in [2.45, 2.75) is 37.7 Å². The zero-order valence-corrected chi connectivity index (χ0v) is 20.7. The lowest BCUT2D eigenvalue weighted by Crippen LogP contribution is -2.23. The van der Waals surface area contributed by atoms with Crippen molar-refractivity contribution in [1.29, 1.82) is 0 Å². The second kappa shape index (κ2) is 9.22. The minimum atomic E-state index is -0.251. The smallest absolute Gasteiger partial charge is 0.328 e.